The number of rotatable bonds is 6. The summed E-state index contributed by atoms with van der Waals surface area (Å²) in [5, 5.41) is 14.0. The number of nitrogens with zero attached hydrogens (tertiary/aromatic N) is 2. The number of ether oxygens (including phenoxy) is 1. The van der Waals surface area contributed by atoms with Crippen LogP contribution >= 0.6 is 0 Å². The number of hydrogen-bond acceptors (Lipinski definition) is 5. The van der Waals surface area contributed by atoms with Crippen LogP contribution < -0.4 is 5.32 Å². The number of nitro groups is 1. The molecule has 0 spiro atoms. The normalized spacial score (nSPS) is 15.1. The van der Waals surface area contributed by atoms with Crippen LogP contribution in [0.5, 0.6) is 0 Å². The van der Waals surface area contributed by atoms with Gasteiger partial charge in [-0.1, -0.05) is 24.3 Å². The minimum Gasteiger partial charge on any atom is -0.379 e. The van der Waals surface area contributed by atoms with Crippen molar-refractivity contribution in [1.82, 2.24) is 4.90 Å². The number of morpholine rings is 1. The molecule has 0 aliphatic carbocycles. The summed E-state index contributed by atoms with van der Waals surface area (Å²) in [4.78, 5) is 12.8. The van der Waals surface area contributed by atoms with Gasteiger partial charge in [-0.15, -0.1) is 0 Å². The summed E-state index contributed by atoms with van der Waals surface area (Å²) >= 11 is 0. The van der Waals surface area contributed by atoms with Gasteiger partial charge in [0.2, 0.25) is 0 Å². The standard InChI is InChI=1S/C18H20FN3O3/c19-16-5-6-18(22(23)24)17(11-16)20-12-14-1-3-15(4-2-14)13-21-7-9-25-10-8-21/h1-6,11,20H,7-10,12-13H2. The molecule has 0 bridgehead atoms. The van der Waals surface area contributed by atoms with E-state index >= 15 is 0 Å². The molecule has 2 aromatic rings. The fraction of sp³-hybridized carbons (Fsp3) is 0.333. The molecular formula is C18H20FN3O3. The monoisotopic (exact) mass is 345 g/mol. The summed E-state index contributed by atoms with van der Waals surface area (Å²) in [6.45, 7) is 4.69. The highest BCUT2D eigenvalue weighted by molar-refractivity contribution is 5.61. The molecule has 6 nitrogen and oxygen atoms in total. The average molecular weight is 345 g/mol. The molecule has 132 valence electrons. The number of nitro benzene ring substituents is 1. The number of nitrogens with one attached hydrogen (secondary N) is 1. The fourth-order valence-corrected chi connectivity index (χ4v) is 2.79. The number of halogens is 1. The lowest BCUT2D eigenvalue weighted by Crippen LogP contribution is -2.35. The van der Waals surface area contributed by atoms with E-state index in [4.69, 9.17) is 4.74 Å². The van der Waals surface area contributed by atoms with Gasteiger partial charge in [-0.2, -0.15) is 0 Å². The predicted molar refractivity (Wildman–Crippen MR) is 92.9 cm³/mol. The van der Waals surface area contributed by atoms with Crippen molar-refractivity contribution in [2.45, 2.75) is 13.1 Å². The number of hydrogen-bond donors (Lipinski definition) is 1. The molecule has 0 atom stereocenters. The second-order valence-corrected chi connectivity index (χ2v) is 5.98. The Hall–Kier alpha value is -2.51. The maximum atomic E-state index is 13.3. The van der Waals surface area contributed by atoms with Crippen molar-refractivity contribution in [3.63, 3.8) is 0 Å². The molecule has 1 fully saturated rings. The first kappa shape index (κ1) is 17.3. The van der Waals surface area contributed by atoms with Crippen LogP contribution in [0.4, 0.5) is 15.8 Å². The van der Waals surface area contributed by atoms with Crippen molar-refractivity contribution in [2.75, 3.05) is 31.6 Å². The lowest BCUT2D eigenvalue weighted by atomic mass is 10.1. The zero-order valence-corrected chi connectivity index (χ0v) is 13.8. The van der Waals surface area contributed by atoms with E-state index in [1.807, 2.05) is 24.3 Å². The zero-order chi connectivity index (χ0) is 17.6. The molecule has 3 rings (SSSR count). The van der Waals surface area contributed by atoms with Crippen LogP contribution in [0.25, 0.3) is 0 Å². The molecule has 1 saturated heterocycles. The minimum atomic E-state index is -0.521. The first-order chi connectivity index (χ1) is 12.1. The van der Waals surface area contributed by atoms with Gasteiger partial charge in [0.1, 0.15) is 11.5 Å². The van der Waals surface area contributed by atoms with Gasteiger partial charge >= 0.3 is 0 Å². The van der Waals surface area contributed by atoms with E-state index in [0.29, 0.717) is 6.54 Å². The molecular weight excluding hydrogens is 325 g/mol. The fourth-order valence-electron chi connectivity index (χ4n) is 2.79. The van der Waals surface area contributed by atoms with Gasteiger partial charge in [-0.3, -0.25) is 15.0 Å². The Morgan fingerprint density at radius 1 is 1.12 bits per heavy atom. The van der Waals surface area contributed by atoms with Crippen molar-refractivity contribution in [3.8, 4) is 0 Å². The molecule has 2 aromatic carbocycles. The Labute approximate surface area is 145 Å². The Bertz CT molecular complexity index is 731. The van der Waals surface area contributed by atoms with E-state index in [1.54, 1.807) is 0 Å². The molecule has 1 aliphatic heterocycles. The second-order valence-electron chi connectivity index (χ2n) is 5.98. The molecule has 0 unspecified atom stereocenters. The Morgan fingerprint density at radius 3 is 2.48 bits per heavy atom. The summed E-state index contributed by atoms with van der Waals surface area (Å²) in [6.07, 6.45) is 0. The third-order valence-electron chi connectivity index (χ3n) is 4.17. The minimum absolute atomic E-state index is 0.134. The molecule has 0 aromatic heterocycles. The third kappa shape index (κ3) is 4.74. The van der Waals surface area contributed by atoms with Crippen LogP contribution in [0.15, 0.2) is 42.5 Å². The van der Waals surface area contributed by atoms with E-state index in [0.717, 1.165) is 50.5 Å². The SMILES string of the molecule is O=[N+]([O-])c1ccc(F)cc1NCc1ccc(CN2CCOCC2)cc1. The van der Waals surface area contributed by atoms with Crippen LogP contribution in [0.1, 0.15) is 11.1 Å². The highest BCUT2D eigenvalue weighted by Gasteiger charge is 2.14. The van der Waals surface area contributed by atoms with Crippen molar-refractivity contribution in [1.29, 1.82) is 0 Å². The van der Waals surface area contributed by atoms with Gasteiger partial charge in [-0.05, 0) is 17.2 Å². The highest BCUT2D eigenvalue weighted by Crippen LogP contribution is 2.25. The summed E-state index contributed by atoms with van der Waals surface area (Å²) in [5.74, 6) is -0.506. The van der Waals surface area contributed by atoms with E-state index in [2.05, 4.69) is 10.2 Å². The average Bonchev–Trinajstić information content (AvgIpc) is 2.62. The summed E-state index contributed by atoms with van der Waals surface area (Å²) in [6, 6.07) is 11.5. The van der Waals surface area contributed by atoms with Crippen LogP contribution in [0.3, 0.4) is 0 Å². The van der Waals surface area contributed by atoms with E-state index in [1.165, 1.54) is 11.6 Å². The second kappa shape index (κ2) is 8.04. The molecule has 0 radical (unpaired) electrons. The Morgan fingerprint density at radius 2 is 1.80 bits per heavy atom. The molecule has 1 N–H and O–H groups in total. The van der Waals surface area contributed by atoms with E-state index in [9.17, 15) is 14.5 Å². The lowest BCUT2D eigenvalue weighted by molar-refractivity contribution is -0.384. The smallest absolute Gasteiger partial charge is 0.292 e. The van der Waals surface area contributed by atoms with Gasteiger partial charge in [0.15, 0.2) is 0 Å². The largest absolute Gasteiger partial charge is 0.379 e. The van der Waals surface area contributed by atoms with Crippen molar-refractivity contribution < 1.29 is 14.1 Å². The topological polar surface area (TPSA) is 67.6 Å². The van der Waals surface area contributed by atoms with Crippen LogP contribution in [-0.2, 0) is 17.8 Å². The Kier molecular flexibility index (Phi) is 5.57. The van der Waals surface area contributed by atoms with Gasteiger partial charge in [0, 0.05) is 38.3 Å². The first-order valence-electron chi connectivity index (χ1n) is 8.17. The molecule has 0 amide bonds. The van der Waals surface area contributed by atoms with Gasteiger partial charge in [0.25, 0.3) is 5.69 Å². The molecule has 7 heteroatoms. The maximum absolute atomic E-state index is 13.3. The predicted octanol–water partition coefficient (Wildman–Crippen LogP) is 3.18. The number of benzene rings is 2. The van der Waals surface area contributed by atoms with Crippen molar-refractivity contribution in [2.24, 2.45) is 0 Å². The van der Waals surface area contributed by atoms with Crippen molar-refractivity contribution in [3.05, 3.63) is 69.5 Å². The van der Waals surface area contributed by atoms with Crippen LogP contribution in [0.2, 0.25) is 0 Å². The molecule has 1 heterocycles. The van der Waals surface area contributed by atoms with Gasteiger partial charge in [-0.25, -0.2) is 4.39 Å². The van der Waals surface area contributed by atoms with Crippen LogP contribution in [0, 0.1) is 15.9 Å². The quantitative estimate of drug-likeness (QED) is 0.643. The lowest BCUT2D eigenvalue weighted by Gasteiger charge is -2.26. The van der Waals surface area contributed by atoms with Crippen LogP contribution in [-0.4, -0.2) is 36.1 Å². The summed E-state index contributed by atoms with van der Waals surface area (Å²) < 4.78 is 18.7. The summed E-state index contributed by atoms with van der Waals surface area (Å²) in [5.41, 5.74) is 2.24. The molecule has 25 heavy (non-hydrogen) atoms. The van der Waals surface area contributed by atoms with E-state index in [-0.39, 0.29) is 11.4 Å². The van der Waals surface area contributed by atoms with Gasteiger partial charge < -0.3 is 10.1 Å². The Balaban J connectivity index is 1.60. The maximum Gasteiger partial charge on any atom is 0.292 e. The van der Waals surface area contributed by atoms with Gasteiger partial charge in [0.05, 0.1) is 18.1 Å². The molecule has 0 saturated carbocycles. The zero-order valence-electron chi connectivity index (χ0n) is 13.8. The first-order valence-corrected chi connectivity index (χ1v) is 8.17. The molecule has 1 aliphatic rings. The highest BCUT2D eigenvalue weighted by atomic mass is 19.1. The van der Waals surface area contributed by atoms with E-state index < -0.39 is 10.7 Å². The summed E-state index contributed by atoms with van der Waals surface area (Å²) in [7, 11) is 0. The van der Waals surface area contributed by atoms with Crippen molar-refractivity contribution >= 4 is 11.4 Å². The number of anilines is 1. The third-order valence-corrected chi connectivity index (χ3v) is 4.17.